The fraction of sp³-hybridized carbons (Fsp3) is 0.217. The summed E-state index contributed by atoms with van der Waals surface area (Å²) in [7, 11) is 0. The summed E-state index contributed by atoms with van der Waals surface area (Å²) in [4.78, 5) is 16.9. The molecule has 2 heterocycles. The topological polar surface area (TPSA) is 72.7 Å². The van der Waals surface area contributed by atoms with Gasteiger partial charge in [-0.1, -0.05) is 49.0 Å². The summed E-state index contributed by atoms with van der Waals surface area (Å²) in [5, 5.41) is 14.4. The lowest BCUT2D eigenvalue weighted by molar-refractivity contribution is -0.115. The van der Waals surface area contributed by atoms with Crippen molar-refractivity contribution in [1.82, 2.24) is 19.7 Å². The van der Waals surface area contributed by atoms with Crippen LogP contribution in [0.2, 0.25) is 0 Å². The number of amides is 1. The molecule has 30 heavy (non-hydrogen) atoms. The van der Waals surface area contributed by atoms with Crippen LogP contribution in [-0.2, 0) is 11.3 Å². The van der Waals surface area contributed by atoms with Crippen molar-refractivity contribution in [1.29, 1.82) is 0 Å². The molecule has 1 atom stereocenters. The fourth-order valence-corrected chi connectivity index (χ4v) is 4.11. The number of benzene rings is 2. The lowest BCUT2D eigenvalue weighted by atomic mass is 10.1. The lowest BCUT2D eigenvalue weighted by Gasteiger charge is -2.14. The van der Waals surface area contributed by atoms with Crippen LogP contribution < -0.4 is 5.32 Å². The Hall–Kier alpha value is -3.19. The van der Waals surface area contributed by atoms with Gasteiger partial charge in [0.15, 0.2) is 11.0 Å². The highest BCUT2D eigenvalue weighted by Gasteiger charge is 2.21. The molecule has 6 nitrogen and oxygen atoms in total. The Morgan fingerprint density at radius 1 is 1.07 bits per heavy atom. The highest BCUT2D eigenvalue weighted by molar-refractivity contribution is 8.00. The van der Waals surface area contributed by atoms with E-state index >= 15 is 0 Å². The zero-order chi connectivity index (χ0) is 20.9. The molecule has 2 aromatic carbocycles. The summed E-state index contributed by atoms with van der Waals surface area (Å²) in [6.07, 6.45) is 4.43. The molecule has 4 aromatic rings. The number of fused-ring (bicyclic) bond motifs is 1. The molecule has 1 N–H and O–H groups in total. The van der Waals surface area contributed by atoms with E-state index in [4.69, 9.17) is 0 Å². The van der Waals surface area contributed by atoms with Crippen LogP contribution >= 0.6 is 11.8 Å². The van der Waals surface area contributed by atoms with Gasteiger partial charge in [-0.05, 0) is 48.4 Å². The third-order valence-electron chi connectivity index (χ3n) is 4.77. The van der Waals surface area contributed by atoms with Crippen LogP contribution in [0, 0.1) is 0 Å². The quantitative estimate of drug-likeness (QED) is 0.427. The van der Waals surface area contributed by atoms with Gasteiger partial charge in [0.1, 0.15) is 0 Å². The minimum atomic E-state index is -0.318. The molecule has 0 fully saturated rings. The maximum atomic E-state index is 12.8. The molecule has 4 rings (SSSR count). The molecule has 0 aliphatic carbocycles. The number of anilines is 1. The van der Waals surface area contributed by atoms with E-state index in [1.165, 1.54) is 11.8 Å². The second-order valence-corrected chi connectivity index (χ2v) is 8.31. The number of hydrogen-bond acceptors (Lipinski definition) is 5. The van der Waals surface area contributed by atoms with Gasteiger partial charge in [-0.3, -0.25) is 9.78 Å². The van der Waals surface area contributed by atoms with Crippen molar-refractivity contribution in [2.75, 3.05) is 5.32 Å². The molecule has 0 aliphatic rings. The molecule has 1 amide bonds. The Morgan fingerprint density at radius 3 is 2.60 bits per heavy atom. The molecule has 0 radical (unpaired) electrons. The van der Waals surface area contributed by atoms with Crippen LogP contribution in [0.25, 0.3) is 22.2 Å². The molecule has 0 spiro atoms. The second-order valence-electron chi connectivity index (χ2n) is 7.00. The number of carbonyl (C=O) groups excluding carboxylic acids is 1. The first-order valence-electron chi connectivity index (χ1n) is 9.95. The molecule has 0 bridgehead atoms. The number of rotatable bonds is 7. The van der Waals surface area contributed by atoms with Crippen LogP contribution in [0.15, 0.2) is 72.1 Å². The highest BCUT2D eigenvalue weighted by Crippen LogP contribution is 2.28. The van der Waals surface area contributed by atoms with Crippen molar-refractivity contribution in [2.24, 2.45) is 0 Å². The van der Waals surface area contributed by atoms with Crippen molar-refractivity contribution < 1.29 is 4.79 Å². The largest absolute Gasteiger partial charge is 0.325 e. The number of aromatic nitrogens is 4. The molecular formula is C23H23N5OS. The van der Waals surface area contributed by atoms with E-state index in [0.717, 1.165) is 46.0 Å². The third-order valence-corrected chi connectivity index (χ3v) is 5.85. The monoisotopic (exact) mass is 417 g/mol. The van der Waals surface area contributed by atoms with Gasteiger partial charge in [-0.25, -0.2) is 0 Å². The first kappa shape index (κ1) is 20.1. The standard InChI is InChI=1S/C23H23N5OS/c1-3-14-28-21(18-10-12-24-13-11-18)26-27-23(28)30-16(2)22(29)25-20-9-8-17-6-4-5-7-19(17)15-20/h4-13,15-16H,3,14H2,1-2H3,(H,25,29)/t16-/m1/s1. The van der Waals surface area contributed by atoms with E-state index in [2.05, 4.69) is 38.1 Å². The molecule has 0 aliphatic heterocycles. The molecule has 0 saturated carbocycles. The summed E-state index contributed by atoms with van der Waals surface area (Å²) in [6, 6.07) is 17.9. The predicted molar refractivity (Wildman–Crippen MR) is 121 cm³/mol. The second kappa shape index (κ2) is 9.09. The van der Waals surface area contributed by atoms with Crippen LogP contribution in [0.3, 0.4) is 0 Å². The minimum Gasteiger partial charge on any atom is -0.325 e. The SMILES string of the molecule is CCCn1c(S[C@H](C)C(=O)Nc2ccc3ccccc3c2)nnc1-c1ccncc1. The van der Waals surface area contributed by atoms with Crippen molar-refractivity contribution in [3.05, 3.63) is 67.0 Å². The maximum absolute atomic E-state index is 12.8. The first-order valence-corrected chi connectivity index (χ1v) is 10.8. The number of nitrogens with one attached hydrogen (secondary N) is 1. The van der Waals surface area contributed by atoms with Crippen LogP contribution in [0.4, 0.5) is 5.69 Å². The van der Waals surface area contributed by atoms with E-state index in [1.54, 1.807) is 12.4 Å². The number of hydrogen-bond donors (Lipinski definition) is 1. The zero-order valence-corrected chi connectivity index (χ0v) is 17.8. The van der Waals surface area contributed by atoms with Crippen molar-refractivity contribution in [3.63, 3.8) is 0 Å². The number of pyridine rings is 1. The Labute approximate surface area is 179 Å². The van der Waals surface area contributed by atoms with Gasteiger partial charge >= 0.3 is 0 Å². The van der Waals surface area contributed by atoms with Gasteiger partial charge in [0.05, 0.1) is 5.25 Å². The van der Waals surface area contributed by atoms with Crippen LogP contribution in [0.5, 0.6) is 0 Å². The molecule has 7 heteroatoms. The van der Waals surface area contributed by atoms with E-state index in [1.807, 2.05) is 55.5 Å². The smallest absolute Gasteiger partial charge is 0.237 e. The number of thioether (sulfide) groups is 1. The van der Waals surface area contributed by atoms with E-state index in [9.17, 15) is 4.79 Å². The fourth-order valence-electron chi connectivity index (χ4n) is 3.24. The average Bonchev–Trinajstić information content (AvgIpc) is 3.16. The molecule has 0 saturated heterocycles. The highest BCUT2D eigenvalue weighted by atomic mass is 32.2. The average molecular weight is 418 g/mol. The summed E-state index contributed by atoms with van der Waals surface area (Å²) < 4.78 is 2.07. The van der Waals surface area contributed by atoms with Gasteiger partial charge in [-0.2, -0.15) is 0 Å². The number of carbonyl (C=O) groups is 1. The van der Waals surface area contributed by atoms with Crippen molar-refractivity contribution in [2.45, 2.75) is 37.2 Å². The van der Waals surface area contributed by atoms with Gasteiger partial charge in [0.2, 0.25) is 5.91 Å². The normalized spacial score (nSPS) is 12.1. The number of nitrogens with zero attached hydrogens (tertiary/aromatic N) is 4. The molecule has 152 valence electrons. The summed E-state index contributed by atoms with van der Waals surface area (Å²) in [6.45, 7) is 4.78. The van der Waals surface area contributed by atoms with E-state index < -0.39 is 0 Å². The maximum Gasteiger partial charge on any atom is 0.237 e. The zero-order valence-electron chi connectivity index (χ0n) is 16.9. The first-order chi connectivity index (χ1) is 14.7. The Kier molecular flexibility index (Phi) is 6.09. The van der Waals surface area contributed by atoms with E-state index in [-0.39, 0.29) is 11.2 Å². The van der Waals surface area contributed by atoms with Gasteiger partial charge in [0.25, 0.3) is 0 Å². The molecular weight excluding hydrogens is 394 g/mol. The van der Waals surface area contributed by atoms with E-state index in [0.29, 0.717) is 0 Å². The van der Waals surface area contributed by atoms with Gasteiger partial charge in [0, 0.05) is 30.2 Å². The third kappa shape index (κ3) is 4.36. The van der Waals surface area contributed by atoms with Gasteiger partial charge < -0.3 is 9.88 Å². The minimum absolute atomic E-state index is 0.0632. The summed E-state index contributed by atoms with van der Waals surface area (Å²) >= 11 is 1.42. The van der Waals surface area contributed by atoms with Crippen LogP contribution in [-0.4, -0.2) is 30.9 Å². The van der Waals surface area contributed by atoms with Crippen molar-refractivity contribution >= 4 is 34.1 Å². The lowest BCUT2D eigenvalue weighted by Crippen LogP contribution is -2.23. The summed E-state index contributed by atoms with van der Waals surface area (Å²) in [5.41, 5.74) is 1.75. The Bertz CT molecular complexity index is 1160. The molecule has 2 aromatic heterocycles. The van der Waals surface area contributed by atoms with Gasteiger partial charge in [-0.15, -0.1) is 10.2 Å². The Morgan fingerprint density at radius 2 is 1.83 bits per heavy atom. The summed E-state index contributed by atoms with van der Waals surface area (Å²) in [5.74, 6) is 0.732. The molecule has 0 unspecified atom stereocenters. The predicted octanol–water partition coefficient (Wildman–Crippen LogP) is 5.02. The van der Waals surface area contributed by atoms with Crippen molar-refractivity contribution in [3.8, 4) is 11.4 Å². The Balaban J connectivity index is 1.50. The van der Waals surface area contributed by atoms with Crippen LogP contribution in [0.1, 0.15) is 20.3 Å².